The lowest BCUT2D eigenvalue weighted by Crippen LogP contribution is -2.47. The van der Waals surface area contributed by atoms with Gasteiger partial charge in [-0.25, -0.2) is 4.98 Å². The van der Waals surface area contributed by atoms with E-state index in [2.05, 4.69) is 4.98 Å². The summed E-state index contributed by atoms with van der Waals surface area (Å²) in [5.74, 6) is -1.33. The molecule has 5 nitrogen and oxygen atoms in total. The number of aliphatic carboxylic acids is 1. The van der Waals surface area contributed by atoms with Crippen molar-refractivity contribution >= 4 is 17.6 Å². The predicted octanol–water partition coefficient (Wildman–Crippen LogP) is 1.91. The van der Waals surface area contributed by atoms with Crippen LogP contribution in [-0.2, 0) is 18.4 Å². The van der Waals surface area contributed by atoms with Gasteiger partial charge in [0.25, 0.3) is 0 Å². The van der Waals surface area contributed by atoms with Crippen LogP contribution in [0.4, 0.5) is 13.2 Å². The van der Waals surface area contributed by atoms with E-state index in [-0.39, 0.29) is 13.1 Å². The minimum Gasteiger partial charge on any atom is -0.481 e. The number of rotatable bonds is 3. The largest absolute Gasteiger partial charge is 0.481 e. The number of carbonyl (C=O) groups is 1. The summed E-state index contributed by atoms with van der Waals surface area (Å²) in [5, 5.41) is 9.33. The third-order valence-corrected chi connectivity index (χ3v) is 4.04. The first-order chi connectivity index (χ1) is 9.17. The van der Waals surface area contributed by atoms with Gasteiger partial charge in [0, 0.05) is 20.1 Å². The Morgan fingerprint density at radius 3 is 2.65 bits per heavy atom. The molecular weight excluding hydrogens is 299 g/mol. The number of carboxylic acids is 1. The molecule has 1 aliphatic rings. The highest BCUT2D eigenvalue weighted by molar-refractivity contribution is 6.29. The van der Waals surface area contributed by atoms with Gasteiger partial charge in [-0.1, -0.05) is 11.6 Å². The lowest BCUT2D eigenvalue weighted by atomic mass is 9.86. The van der Waals surface area contributed by atoms with E-state index in [1.807, 2.05) is 0 Å². The second-order valence-electron chi connectivity index (χ2n) is 4.90. The molecule has 1 aliphatic heterocycles. The van der Waals surface area contributed by atoms with E-state index in [1.54, 1.807) is 11.6 Å². The molecule has 2 rings (SSSR count). The van der Waals surface area contributed by atoms with Gasteiger partial charge < -0.3 is 9.67 Å². The van der Waals surface area contributed by atoms with Gasteiger partial charge in [-0.15, -0.1) is 0 Å². The molecule has 0 aromatic carbocycles. The van der Waals surface area contributed by atoms with Crippen LogP contribution in [0, 0.1) is 5.41 Å². The molecule has 1 aromatic heterocycles. The molecule has 1 fully saturated rings. The van der Waals surface area contributed by atoms with Gasteiger partial charge >= 0.3 is 12.1 Å². The summed E-state index contributed by atoms with van der Waals surface area (Å²) in [4.78, 5) is 16.5. The van der Waals surface area contributed by atoms with Crippen LogP contribution in [0.3, 0.4) is 0 Å². The molecule has 0 saturated carbocycles. The standard InChI is InChI=1S/C11H13ClF3N3O2/c1-17-7(12)4-16-8(17)5-18-3-2-10(6-18,9(19)20)11(13,14)15/h4H,2-3,5-6H2,1H3,(H,19,20). The minimum absolute atomic E-state index is 0.0519. The zero-order valence-electron chi connectivity index (χ0n) is 10.6. The lowest BCUT2D eigenvalue weighted by molar-refractivity contribution is -0.227. The lowest BCUT2D eigenvalue weighted by Gasteiger charge is -2.27. The molecule has 1 saturated heterocycles. The van der Waals surface area contributed by atoms with Crippen LogP contribution in [0.15, 0.2) is 6.20 Å². The average Bonchev–Trinajstić information content (AvgIpc) is 2.89. The molecule has 112 valence electrons. The number of imidazole rings is 1. The normalized spacial score (nSPS) is 24.2. The van der Waals surface area contributed by atoms with Crippen molar-refractivity contribution in [2.24, 2.45) is 12.5 Å². The van der Waals surface area contributed by atoms with Crippen LogP contribution in [0.1, 0.15) is 12.2 Å². The molecule has 1 atom stereocenters. The average molecular weight is 312 g/mol. The van der Waals surface area contributed by atoms with Crippen molar-refractivity contribution in [1.29, 1.82) is 0 Å². The van der Waals surface area contributed by atoms with Crippen molar-refractivity contribution in [3.8, 4) is 0 Å². The minimum atomic E-state index is -4.77. The highest BCUT2D eigenvalue weighted by Crippen LogP contribution is 2.45. The van der Waals surface area contributed by atoms with Crippen molar-refractivity contribution in [2.75, 3.05) is 13.1 Å². The fourth-order valence-electron chi connectivity index (χ4n) is 2.32. The number of nitrogens with zero attached hydrogens (tertiary/aromatic N) is 3. The molecule has 0 amide bonds. The molecule has 2 heterocycles. The molecule has 1 N–H and O–H groups in total. The molecule has 0 bridgehead atoms. The smallest absolute Gasteiger partial charge is 0.406 e. The topological polar surface area (TPSA) is 58.4 Å². The maximum Gasteiger partial charge on any atom is 0.406 e. The van der Waals surface area contributed by atoms with Crippen molar-refractivity contribution in [2.45, 2.75) is 19.1 Å². The Kier molecular flexibility index (Phi) is 3.72. The van der Waals surface area contributed by atoms with Crippen LogP contribution in [0.2, 0.25) is 5.15 Å². The molecule has 1 unspecified atom stereocenters. The van der Waals surface area contributed by atoms with Gasteiger partial charge in [-0.2, -0.15) is 13.2 Å². The summed E-state index contributed by atoms with van der Waals surface area (Å²) in [5.41, 5.74) is -2.69. The molecule has 20 heavy (non-hydrogen) atoms. The highest BCUT2D eigenvalue weighted by Gasteiger charge is 2.63. The van der Waals surface area contributed by atoms with Crippen LogP contribution in [-0.4, -0.2) is 44.8 Å². The number of aromatic nitrogens is 2. The van der Waals surface area contributed by atoms with Gasteiger partial charge in [0.15, 0.2) is 5.41 Å². The van der Waals surface area contributed by atoms with E-state index in [9.17, 15) is 18.0 Å². The number of hydrogen-bond acceptors (Lipinski definition) is 3. The molecular formula is C11H13ClF3N3O2. The first-order valence-electron chi connectivity index (χ1n) is 5.86. The van der Waals surface area contributed by atoms with E-state index in [0.717, 1.165) is 0 Å². The van der Waals surface area contributed by atoms with E-state index in [4.69, 9.17) is 16.7 Å². The Morgan fingerprint density at radius 2 is 2.25 bits per heavy atom. The second kappa shape index (κ2) is 4.92. The van der Waals surface area contributed by atoms with Crippen LogP contribution in [0.5, 0.6) is 0 Å². The Hall–Kier alpha value is -1.28. The molecule has 0 radical (unpaired) electrons. The molecule has 0 aliphatic carbocycles. The van der Waals surface area contributed by atoms with E-state index >= 15 is 0 Å². The Balaban J connectivity index is 2.15. The Bertz CT molecular complexity index is 531. The number of halogens is 4. The number of hydrogen-bond donors (Lipinski definition) is 1. The monoisotopic (exact) mass is 311 g/mol. The molecule has 0 spiro atoms. The summed E-state index contributed by atoms with van der Waals surface area (Å²) < 4.78 is 40.6. The van der Waals surface area contributed by atoms with Crippen LogP contribution in [0.25, 0.3) is 0 Å². The van der Waals surface area contributed by atoms with E-state index in [1.165, 1.54) is 11.1 Å². The first-order valence-corrected chi connectivity index (χ1v) is 6.24. The summed E-state index contributed by atoms with van der Waals surface area (Å²) in [7, 11) is 1.65. The second-order valence-corrected chi connectivity index (χ2v) is 5.29. The number of carboxylic acid groups (broad SMARTS) is 1. The zero-order valence-corrected chi connectivity index (χ0v) is 11.4. The zero-order chi connectivity index (χ0) is 15.1. The summed E-state index contributed by atoms with van der Waals surface area (Å²) in [6.07, 6.45) is -3.82. The van der Waals surface area contributed by atoms with Crippen molar-refractivity contribution < 1.29 is 23.1 Å². The first kappa shape index (κ1) is 15.1. The maximum atomic E-state index is 13.0. The van der Waals surface area contributed by atoms with Gasteiger partial charge in [-0.05, 0) is 6.42 Å². The SMILES string of the molecule is Cn1c(Cl)cnc1CN1CCC(C(=O)O)(C(F)(F)F)C1. The fourth-order valence-corrected chi connectivity index (χ4v) is 2.47. The number of likely N-dealkylation sites (tertiary alicyclic amines) is 1. The van der Waals surface area contributed by atoms with Gasteiger partial charge in [-0.3, -0.25) is 9.69 Å². The Morgan fingerprint density at radius 1 is 1.60 bits per heavy atom. The quantitative estimate of drug-likeness (QED) is 0.926. The summed E-state index contributed by atoms with van der Waals surface area (Å²) >= 11 is 5.80. The highest BCUT2D eigenvalue weighted by atomic mass is 35.5. The van der Waals surface area contributed by atoms with Gasteiger partial charge in [0.2, 0.25) is 0 Å². The fraction of sp³-hybridized carbons (Fsp3) is 0.636. The van der Waals surface area contributed by atoms with Gasteiger partial charge in [0.05, 0.1) is 12.7 Å². The molecule has 9 heteroatoms. The third-order valence-electron chi connectivity index (χ3n) is 3.69. The Labute approximate surface area is 117 Å². The summed E-state index contributed by atoms with van der Waals surface area (Å²) in [6.45, 7) is -0.388. The summed E-state index contributed by atoms with van der Waals surface area (Å²) in [6, 6.07) is 0. The predicted molar refractivity (Wildman–Crippen MR) is 64.2 cm³/mol. The van der Waals surface area contributed by atoms with Crippen molar-refractivity contribution in [1.82, 2.24) is 14.5 Å². The van der Waals surface area contributed by atoms with E-state index in [0.29, 0.717) is 11.0 Å². The van der Waals surface area contributed by atoms with Crippen molar-refractivity contribution in [3.05, 3.63) is 17.2 Å². The van der Waals surface area contributed by atoms with Gasteiger partial charge in [0.1, 0.15) is 11.0 Å². The van der Waals surface area contributed by atoms with Crippen molar-refractivity contribution in [3.63, 3.8) is 0 Å². The van der Waals surface area contributed by atoms with E-state index < -0.39 is 30.5 Å². The maximum absolute atomic E-state index is 13.0. The van der Waals surface area contributed by atoms with Crippen LogP contribution >= 0.6 is 11.6 Å². The third kappa shape index (κ3) is 2.37. The van der Waals surface area contributed by atoms with Crippen LogP contribution < -0.4 is 0 Å². The number of alkyl halides is 3. The molecule has 1 aromatic rings.